The lowest BCUT2D eigenvalue weighted by Gasteiger charge is -2.28. The molecule has 2 saturated carbocycles. The number of ether oxygens (including phenoxy) is 1. The van der Waals surface area contributed by atoms with Crippen LogP contribution in [0.25, 0.3) is 0 Å². The number of nitrogens with two attached hydrogens (primary N) is 1. The number of rotatable bonds is 4. The molecule has 2 rings (SSSR count). The largest absolute Gasteiger partial charge is 0.468 e. The number of esters is 1. The van der Waals surface area contributed by atoms with Gasteiger partial charge in [-0.05, 0) is 38.6 Å². The van der Waals surface area contributed by atoms with Crippen LogP contribution in [0, 0.1) is 0 Å². The predicted octanol–water partition coefficient (Wildman–Crippen LogP) is 0.894. The monoisotopic (exact) mass is 226 g/mol. The summed E-state index contributed by atoms with van der Waals surface area (Å²) in [7, 11) is 1.42. The Morgan fingerprint density at radius 2 is 2.12 bits per heavy atom. The van der Waals surface area contributed by atoms with Crippen molar-refractivity contribution in [2.75, 3.05) is 13.7 Å². The molecule has 2 aliphatic carbocycles. The molecule has 0 bridgehead atoms. The number of carbonyl (C=O) groups is 1. The van der Waals surface area contributed by atoms with Gasteiger partial charge in [-0.2, -0.15) is 0 Å². The van der Waals surface area contributed by atoms with E-state index in [4.69, 9.17) is 10.5 Å². The van der Waals surface area contributed by atoms with Crippen LogP contribution in [0.1, 0.15) is 39.0 Å². The van der Waals surface area contributed by atoms with Gasteiger partial charge < -0.3 is 10.5 Å². The van der Waals surface area contributed by atoms with E-state index in [0.717, 1.165) is 31.8 Å². The van der Waals surface area contributed by atoms with E-state index >= 15 is 0 Å². The summed E-state index contributed by atoms with van der Waals surface area (Å²) in [5.41, 5.74) is 5.38. The molecule has 0 heterocycles. The highest BCUT2D eigenvalue weighted by atomic mass is 16.5. The van der Waals surface area contributed by atoms with Crippen molar-refractivity contribution in [1.29, 1.82) is 0 Å². The number of hydrogen-bond acceptors (Lipinski definition) is 4. The van der Waals surface area contributed by atoms with Gasteiger partial charge in [0.05, 0.1) is 7.11 Å². The molecule has 0 aromatic rings. The van der Waals surface area contributed by atoms with Gasteiger partial charge in [-0.3, -0.25) is 9.69 Å². The molecular formula is C12H22N2O2. The molecule has 2 fully saturated rings. The zero-order chi connectivity index (χ0) is 11.8. The summed E-state index contributed by atoms with van der Waals surface area (Å²) in [4.78, 5) is 14.1. The third-order valence-electron chi connectivity index (χ3n) is 3.97. The fourth-order valence-corrected chi connectivity index (χ4v) is 2.94. The highest BCUT2D eigenvalue weighted by Gasteiger charge is 2.46. The summed E-state index contributed by atoms with van der Waals surface area (Å²) in [6.45, 7) is 3.25. The Morgan fingerprint density at radius 1 is 1.44 bits per heavy atom. The van der Waals surface area contributed by atoms with Crippen molar-refractivity contribution in [3.05, 3.63) is 0 Å². The SMILES string of the molecule is CCN(C1CC1)C1CCC(N)(C(=O)OC)C1. The summed E-state index contributed by atoms with van der Waals surface area (Å²) in [5.74, 6) is -0.248. The van der Waals surface area contributed by atoms with E-state index in [0.29, 0.717) is 6.04 Å². The summed E-state index contributed by atoms with van der Waals surface area (Å²) < 4.78 is 4.79. The standard InChI is InChI=1S/C12H22N2O2/c1-3-14(9-4-5-9)10-6-7-12(13,8-10)11(15)16-2/h9-10H,3-8,13H2,1-2H3. The molecule has 2 aliphatic rings. The molecule has 0 radical (unpaired) electrons. The van der Waals surface area contributed by atoms with Crippen LogP contribution >= 0.6 is 0 Å². The smallest absolute Gasteiger partial charge is 0.325 e. The lowest BCUT2D eigenvalue weighted by molar-refractivity contribution is -0.147. The zero-order valence-electron chi connectivity index (χ0n) is 10.2. The zero-order valence-corrected chi connectivity index (χ0v) is 10.2. The molecule has 0 amide bonds. The second kappa shape index (κ2) is 4.34. The maximum Gasteiger partial charge on any atom is 0.325 e. The molecule has 2 unspecified atom stereocenters. The molecule has 92 valence electrons. The van der Waals surface area contributed by atoms with E-state index in [1.54, 1.807) is 0 Å². The van der Waals surface area contributed by atoms with Crippen LogP contribution in [-0.2, 0) is 9.53 Å². The topological polar surface area (TPSA) is 55.6 Å². The number of methoxy groups -OCH3 is 1. The van der Waals surface area contributed by atoms with Crippen molar-refractivity contribution in [3.63, 3.8) is 0 Å². The molecule has 0 aromatic heterocycles. The van der Waals surface area contributed by atoms with E-state index in [-0.39, 0.29) is 5.97 Å². The lowest BCUT2D eigenvalue weighted by atomic mass is 9.99. The third-order valence-corrected chi connectivity index (χ3v) is 3.97. The Morgan fingerprint density at radius 3 is 2.62 bits per heavy atom. The van der Waals surface area contributed by atoms with Crippen molar-refractivity contribution in [1.82, 2.24) is 4.90 Å². The number of nitrogens with zero attached hydrogens (tertiary/aromatic N) is 1. The van der Waals surface area contributed by atoms with Crippen molar-refractivity contribution in [2.24, 2.45) is 5.73 Å². The van der Waals surface area contributed by atoms with Gasteiger partial charge in [-0.25, -0.2) is 0 Å². The summed E-state index contributed by atoms with van der Waals surface area (Å²) in [5, 5.41) is 0. The van der Waals surface area contributed by atoms with E-state index in [1.165, 1.54) is 20.0 Å². The van der Waals surface area contributed by atoms with Crippen molar-refractivity contribution in [3.8, 4) is 0 Å². The molecule has 0 saturated heterocycles. The molecular weight excluding hydrogens is 204 g/mol. The Balaban J connectivity index is 1.98. The highest BCUT2D eigenvalue weighted by molar-refractivity contribution is 5.81. The van der Waals surface area contributed by atoms with Crippen LogP contribution in [0.4, 0.5) is 0 Å². The first-order valence-electron chi connectivity index (χ1n) is 6.24. The molecule has 2 atom stereocenters. The maximum absolute atomic E-state index is 11.6. The first-order chi connectivity index (χ1) is 7.60. The minimum absolute atomic E-state index is 0.248. The lowest BCUT2D eigenvalue weighted by Crippen LogP contribution is -2.48. The summed E-state index contributed by atoms with van der Waals surface area (Å²) in [6, 6.07) is 1.22. The predicted molar refractivity (Wildman–Crippen MR) is 62.0 cm³/mol. The molecule has 4 nitrogen and oxygen atoms in total. The molecule has 2 N–H and O–H groups in total. The maximum atomic E-state index is 11.6. The third kappa shape index (κ3) is 2.09. The van der Waals surface area contributed by atoms with Crippen LogP contribution in [0.3, 0.4) is 0 Å². The van der Waals surface area contributed by atoms with Crippen LogP contribution in [0.2, 0.25) is 0 Å². The normalized spacial score (nSPS) is 34.4. The Hall–Kier alpha value is -0.610. The van der Waals surface area contributed by atoms with Gasteiger partial charge >= 0.3 is 5.97 Å². The molecule has 16 heavy (non-hydrogen) atoms. The second-order valence-corrected chi connectivity index (χ2v) is 5.11. The highest BCUT2D eigenvalue weighted by Crippen LogP contribution is 2.37. The van der Waals surface area contributed by atoms with E-state index in [2.05, 4.69) is 11.8 Å². The van der Waals surface area contributed by atoms with E-state index in [9.17, 15) is 4.79 Å². The molecule has 0 aliphatic heterocycles. The molecule has 0 spiro atoms. The number of hydrogen-bond donors (Lipinski definition) is 1. The quantitative estimate of drug-likeness (QED) is 0.723. The van der Waals surface area contributed by atoms with Crippen molar-refractivity contribution < 1.29 is 9.53 Å². The Bertz CT molecular complexity index is 278. The second-order valence-electron chi connectivity index (χ2n) is 5.11. The van der Waals surface area contributed by atoms with Gasteiger partial charge in [0.25, 0.3) is 0 Å². The van der Waals surface area contributed by atoms with Crippen LogP contribution in [-0.4, -0.2) is 42.1 Å². The number of carbonyl (C=O) groups excluding carboxylic acids is 1. The van der Waals surface area contributed by atoms with Crippen molar-refractivity contribution in [2.45, 2.75) is 56.7 Å². The summed E-state index contributed by atoms with van der Waals surface area (Å²) >= 11 is 0. The summed E-state index contributed by atoms with van der Waals surface area (Å²) in [6.07, 6.45) is 5.15. The van der Waals surface area contributed by atoms with Crippen molar-refractivity contribution >= 4 is 5.97 Å². The minimum atomic E-state index is -0.734. The van der Waals surface area contributed by atoms with Crippen LogP contribution in [0.5, 0.6) is 0 Å². The van der Waals surface area contributed by atoms with Gasteiger partial charge in [0.2, 0.25) is 0 Å². The van der Waals surface area contributed by atoms with Crippen LogP contribution in [0.15, 0.2) is 0 Å². The van der Waals surface area contributed by atoms with Gasteiger partial charge in [0, 0.05) is 12.1 Å². The van der Waals surface area contributed by atoms with E-state index in [1.807, 2.05) is 0 Å². The Kier molecular flexibility index (Phi) is 3.22. The minimum Gasteiger partial charge on any atom is -0.468 e. The average Bonchev–Trinajstić information content (AvgIpc) is 3.03. The van der Waals surface area contributed by atoms with E-state index < -0.39 is 5.54 Å². The Labute approximate surface area is 97.1 Å². The fourth-order valence-electron chi connectivity index (χ4n) is 2.94. The molecule has 0 aromatic carbocycles. The first kappa shape index (κ1) is 11.9. The average molecular weight is 226 g/mol. The van der Waals surface area contributed by atoms with Gasteiger partial charge in [-0.15, -0.1) is 0 Å². The fraction of sp³-hybridized carbons (Fsp3) is 0.917. The molecule has 4 heteroatoms. The van der Waals surface area contributed by atoms with Crippen LogP contribution < -0.4 is 5.73 Å². The van der Waals surface area contributed by atoms with Gasteiger partial charge in [-0.1, -0.05) is 6.92 Å². The van der Waals surface area contributed by atoms with Gasteiger partial charge in [0.15, 0.2) is 0 Å². The first-order valence-corrected chi connectivity index (χ1v) is 6.24. The van der Waals surface area contributed by atoms with Gasteiger partial charge in [0.1, 0.15) is 5.54 Å².